The molecular formula is C15H16N4O4S. The second-order valence-electron chi connectivity index (χ2n) is 5.64. The van der Waals surface area contributed by atoms with Gasteiger partial charge in [-0.3, -0.25) is 14.7 Å². The lowest BCUT2D eigenvalue weighted by molar-refractivity contribution is 0.100. The van der Waals surface area contributed by atoms with Crippen molar-refractivity contribution < 1.29 is 18.0 Å². The van der Waals surface area contributed by atoms with Gasteiger partial charge in [-0.1, -0.05) is 12.1 Å². The summed E-state index contributed by atoms with van der Waals surface area (Å²) < 4.78 is 24.5. The molecule has 8 nitrogen and oxygen atoms in total. The first kappa shape index (κ1) is 16.3. The fourth-order valence-corrected chi connectivity index (χ4v) is 3.20. The maximum absolute atomic E-state index is 12.3. The molecule has 0 fully saturated rings. The molecule has 2 heterocycles. The quantitative estimate of drug-likeness (QED) is 0.805. The van der Waals surface area contributed by atoms with Gasteiger partial charge >= 0.3 is 0 Å². The zero-order chi connectivity index (χ0) is 17.5. The molecule has 0 aliphatic carbocycles. The Hall–Kier alpha value is -2.52. The number of nitrogens with one attached hydrogen (secondary N) is 2. The number of anilines is 1. The number of hydrogen-bond acceptors (Lipinski definition) is 5. The van der Waals surface area contributed by atoms with Crippen molar-refractivity contribution in [2.75, 3.05) is 11.6 Å². The molecule has 2 aromatic rings. The standard InChI is InChI=1S/C15H16N4O4S/c1-9(20)10-3-5-11(6-4-10)15(21)16-14-12-7-19(24(2,22)23)8-13(12)17-18-14/h3-6H,7-8H2,1-2H3,(H2,16,17,18,21). The summed E-state index contributed by atoms with van der Waals surface area (Å²) in [4.78, 5) is 23.6. The smallest absolute Gasteiger partial charge is 0.256 e. The van der Waals surface area contributed by atoms with Gasteiger partial charge in [-0.15, -0.1) is 0 Å². The van der Waals surface area contributed by atoms with E-state index in [2.05, 4.69) is 15.5 Å². The van der Waals surface area contributed by atoms with E-state index in [0.717, 1.165) is 6.26 Å². The number of fused-ring (bicyclic) bond motifs is 1. The summed E-state index contributed by atoms with van der Waals surface area (Å²) in [5.74, 6) is -0.0552. The van der Waals surface area contributed by atoms with Crippen molar-refractivity contribution in [3.63, 3.8) is 0 Å². The maximum atomic E-state index is 12.3. The third-order valence-corrected chi connectivity index (χ3v) is 5.07. The summed E-state index contributed by atoms with van der Waals surface area (Å²) in [6, 6.07) is 6.29. The number of aromatic amines is 1. The third-order valence-electron chi connectivity index (χ3n) is 3.87. The molecule has 1 amide bonds. The van der Waals surface area contributed by atoms with Crippen LogP contribution in [0.1, 0.15) is 38.9 Å². The van der Waals surface area contributed by atoms with Crippen molar-refractivity contribution in [1.82, 2.24) is 14.5 Å². The van der Waals surface area contributed by atoms with E-state index in [0.29, 0.717) is 28.2 Å². The zero-order valence-electron chi connectivity index (χ0n) is 13.2. The number of carbonyl (C=O) groups is 2. The van der Waals surface area contributed by atoms with Crippen LogP contribution in [0.4, 0.5) is 5.82 Å². The first-order valence-corrected chi connectivity index (χ1v) is 9.04. The Morgan fingerprint density at radius 1 is 1.17 bits per heavy atom. The highest BCUT2D eigenvalue weighted by Gasteiger charge is 2.31. The topological polar surface area (TPSA) is 112 Å². The molecule has 0 bridgehead atoms. The number of sulfonamides is 1. The number of aromatic nitrogens is 2. The second kappa shape index (κ2) is 5.84. The summed E-state index contributed by atoms with van der Waals surface area (Å²) in [5.41, 5.74) is 2.18. The molecule has 0 radical (unpaired) electrons. The summed E-state index contributed by atoms with van der Waals surface area (Å²) in [5, 5.41) is 9.47. The van der Waals surface area contributed by atoms with Gasteiger partial charge in [0.05, 0.1) is 18.5 Å². The van der Waals surface area contributed by atoms with Crippen LogP contribution >= 0.6 is 0 Å². The van der Waals surface area contributed by atoms with E-state index in [1.54, 1.807) is 24.3 Å². The molecule has 2 N–H and O–H groups in total. The van der Waals surface area contributed by atoms with E-state index < -0.39 is 10.0 Å². The highest BCUT2D eigenvalue weighted by Crippen LogP contribution is 2.28. The first-order chi connectivity index (χ1) is 11.3. The van der Waals surface area contributed by atoms with Crippen molar-refractivity contribution in [2.45, 2.75) is 20.0 Å². The minimum Gasteiger partial charge on any atom is -0.307 e. The van der Waals surface area contributed by atoms with Gasteiger partial charge in [0.2, 0.25) is 10.0 Å². The number of hydrogen-bond donors (Lipinski definition) is 2. The fraction of sp³-hybridized carbons (Fsp3) is 0.267. The van der Waals surface area contributed by atoms with E-state index in [-0.39, 0.29) is 24.8 Å². The monoisotopic (exact) mass is 348 g/mol. The molecule has 0 atom stereocenters. The number of rotatable bonds is 4. The van der Waals surface area contributed by atoms with E-state index in [4.69, 9.17) is 0 Å². The Labute approximate surface area is 138 Å². The molecule has 0 spiro atoms. The second-order valence-corrected chi connectivity index (χ2v) is 7.63. The lowest BCUT2D eigenvalue weighted by atomic mass is 10.1. The maximum Gasteiger partial charge on any atom is 0.256 e. The zero-order valence-corrected chi connectivity index (χ0v) is 14.0. The molecular weight excluding hydrogens is 332 g/mol. The van der Waals surface area contributed by atoms with Gasteiger partial charge in [0.25, 0.3) is 5.91 Å². The molecule has 0 unspecified atom stereocenters. The number of nitrogens with zero attached hydrogens (tertiary/aromatic N) is 2. The lowest BCUT2D eigenvalue weighted by Gasteiger charge is -2.12. The highest BCUT2D eigenvalue weighted by atomic mass is 32.2. The molecule has 1 aliphatic rings. The van der Waals surface area contributed by atoms with Gasteiger partial charge in [0.1, 0.15) is 5.82 Å². The Kier molecular flexibility index (Phi) is 3.98. The largest absolute Gasteiger partial charge is 0.307 e. The summed E-state index contributed by atoms with van der Waals surface area (Å²) in [6.07, 6.45) is 1.14. The van der Waals surface area contributed by atoms with Crippen LogP contribution in [0.5, 0.6) is 0 Å². The summed E-state index contributed by atoms with van der Waals surface area (Å²) in [6.45, 7) is 1.81. The van der Waals surface area contributed by atoms with Crippen molar-refractivity contribution in [1.29, 1.82) is 0 Å². The number of carbonyl (C=O) groups excluding carboxylic acids is 2. The molecule has 0 saturated heterocycles. The predicted octanol–water partition coefficient (Wildman–Crippen LogP) is 1.14. The third kappa shape index (κ3) is 3.08. The number of amides is 1. The minimum absolute atomic E-state index is 0.0748. The van der Waals surface area contributed by atoms with Crippen LogP contribution in [0.3, 0.4) is 0 Å². The first-order valence-electron chi connectivity index (χ1n) is 7.19. The van der Waals surface area contributed by atoms with Gasteiger partial charge in [-0.2, -0.15) is 9.40 Å². The van der Waals surface area contributed by atoms with Crippen molar-refractivity contribution in [3.8, 4) is 0 Å². The predicted molar refractivity (Wildman–Crippen MR) is 87.1 cm³/mol. The normalized spacial score (nSPS) is 14.4. The van der Waals surface area contributed by atoms with Crippen LogP contribution in [0.2, 0.25) is 0 Å². The average molecular weight is 348 g/mol. The van der Waals surface area contributed by atoms with E-state index in [9.17, 15) is 18.0 Å². The molecule has 1 aromatic heterocycles. The Balaban J connectivity index is 1.77. The molecule has 24 heavy (non-hydrogen) atoms. The average Bonchev–Trinajstić information content (AvgIpc) is 3.09. The Morgan fingerprint density at radius 2 is 1.79 bits per heavy atom. The molecule has 0 saturated carbocycles. The highest BCUT2D eigenvalue weighted by molar-refractivity contribution is 7.88. The van der Waals surface area contributed by atoms with Gasteiger partial charge < -0.3 is 5.32 Å². The number of ketones is 1. The van der Waals surface area contributed by atoms with Gasteiger partial charge in [0.15, 0.2) is 5.78 Å². The number of benzene rings is 1. The summed E-state index contributed by atoms with van der Waals surface area (Å²) >= 11 is 0. The molecule has 126 valence electrons. The molecule has 9 heteroatoms. The van der Waals surface area contributed by atoms with Crippen LogP contribution < -0.4 is 5.32 Å². The van der Waals surface area contributed by atoms with Crippen LogP contribution in [0, 0.1) is 0 Å². The fourth-order valence-electron chi connectivity index (χ4n) is 2.48. The molecule has 3 rings (SSSR count). The Morgan fingerprint density at radius 3 is 2.38 bits per heavy atom. The van der Waals surface area contributed by atoms with Crippen LogP contribution in [-0.4, -0.2) is 40.9 Å². The van der Waals surface area contributed by atoms with Crippen LogP contribution in [-0.2, 0) is 23.1 Å². The minimum atomic E-state index is -3.32. The Bertz CT molecular complexity index is 915. The van der Waals surface area contributed by atoms with E-state index >= 15 is 0 Å². The SMILES string of the molecule is CC(=O)c1ccc(C(=O)Nc2[nH]nc3c2CN(S(C)(=O)=O)C3)cc1. The number of Topliss-reactive ketones (excluding diaryl/α,β-unsaturated/α-hetero) is 1. The summed E-state index contributed by atoms with van der Waals surface area (Å²) in [7, 11) is -3.32. The molecule has 1 aliphatic heterocycles. The van der Waals surface area contributed by atoms with Crippen LogP contribution in [0.25, 0.3) is 0 Å². The lowest BCUT2D eigenvalue weighted by Crippen LogP contribution is -2.24. The van der Waals surface area contributed by atoms with Gasteiger partial charge in [0, 0.05) is 23.2 Å². The number of H-pyrrole nitrogens is 1. The van der Waals surface area contributed by atoms with Crippen molar-refractivity contribution in [2.24, 2.45) is 0 Å². The van der Waals surface area contributed by atoms with Crippen LogP contribution in [0.15, 0.2) is 24.3 Å². The van der Waals surface area contributed by atoms with E-state index in [1.807, 2.05) is 0 Å². The van der Waals surface area contributed by atoms with Crippen molar-refractivity contribution >= 4 is 27.5 Å². The molecule has 1 aromatic carbocycles. The van der Waals surface area contributed by atoms with Gasteiger partial charge in [-0.05, 0) is 19.1 Å². The van der Waals surface area contributed by atoms with Crippen molar-refractivity contribution in [3.05, 3.63) is 46.6 Å². The van der Waals surface area contributed by atoms with Gasteiger partial charge in [-0.25, -0.2) is 8.42 Å². The van der Waals surface area contributed by atoms with E-state index in [1.165, 1.54) is 11.2 Å².